The number of anilines is 4. The molecule has 0 aliphatic carbocycles. The number of amides is 1. The molecule has 1 saturated heterocycles. The molecule has 4 rings (SSSR count). The highest BCUT2D eigenvalue weighted by atomic mass is 35.5. The van der Waals surface area contributed by atoms with Gasteiger partial charge in [0.2, 0.25) is 5.95 Å². The van der Waals surface area contributed by atoms with Crippen molar-refractivity contribution >= 4 is 60.3 Å². The Kier molecular flexibility index (Phi) is 11.2. The van der Waals surface area contributed by atoms with E-state index in [0.717, 1.165) is 0 Å². The minimum atomic E-state index is -4.68. The van der Waals surface area contributed by atoms with Crippen LogP contribution in [0, 0.1) is 22.7 Å². The lowest BCUT2D eigenvalue weighted by Crippen LogP contribution is -2.55. The van der Waals surface area contributed by atoms with E-state index in [9.17, 15) is 24.7 Å². The molecule has 3 aromatic rings. The van der Waals surface area contributed by atoms with Crippen molar-refractivity contribution in [2.24, 2.45) is 0 Å². The van der Waals surface area contributed by atoms with Crippen molar-refractivity contribution in [3.05, 3.63) is 34.6 Å². The fraction of sp³-hybridized carbons (Fsp3) is 0.423. The Morgan fingerprint density at radius 3 is 2.72 bits per heavy atom. The number of imidazole rings is 1. The van der Waals surface area contributed by atoms with Gasteiger partial charge in [0.15, 0.2) is 17.2 Å². The van der Waals surface area contributed by atoms with E-state index < -0.39 is 32.0 Å². The summed E-state index contributed by atoms with van der Waals surface area (Å²) >= 11 is 6.86. The van der Waals surface area contributed by atoms with Crippen molar-refractivity contribution in [3.8, 4) is 12.1 Å². The first-order chi connectivity index (χ1) is 22.0. The van der Waals surface area contributed by atoms with Crippen molar-refractivity contribution in [2.75, 3.05) is 48.9 Å². The third-order valence-electron chi connectivity index (χ3n) is 6.71. The predicted octanol–water partition coefficient (Wildman–Crippen LogP) is 2.43. The lowest BCUT2D eigenvalue weighted by molar-refractivity contribution is -0.151. The lowest BCUT2D eigenvalue weighted by Gasteiger charge is -2.39. The molecule has 5 N–H and O–H groups in total. The number of alkyl carbamates (subject to hydrolysis) is 1. The van der Waals surface area contributed by atoms with Gasteiger partial charge in [0.1, 0.15) is 12.2 Å². The van der Waals surface area contributed by atoms with Gasteiger partial charge in [-0.25, -0.2) is 14.3 Å². The van der Waals surface area contributed by atoms with Crippen LogP contribution in [-0.2, 0) is 23.4 Å². The van der Waals surface area contributed by atoms with E-state index in [1.807, 2.05) is 13.0 Å². The van der Waals surface area contributed by atoms with Crippen LogP contribution in [0.15, 0.2) is 18.3 Å². The maximum atomic E-state index is 12.6. The summed E-state index contributed by atoms with van der Waals surface area (Å²) in [6.45, 7) is 2.41. The molecule has 2 atom stereocenters. The largest absolute Gasteiger partial charge is 0.469 e. The smallest absolute Gasteiger partial charge is 0.458 e. The molecule has 1 aromatic carbocycles. The van der Waals surface area contributed by atoms with E-state index in [1.54, 1.807) is 11.0 Å². The SMILES string of the molecule is CCNc1nc(Nc2cc(C#N)cc(N3CCC(NC(=O)OC)C(OC(=O)CCCOP(=O)(O)O)C3)c2Cl)nn2c(C#N)cnc12. The van der Waals surface area contributed by atoms with Crippen LogP contribution < -0.4 is 20.9 Å². The van der Waals surface area contributed by atoms with Crippen LogP contribution >= 0.6 is 19.4 Å². The first kappa shape index (κ1) is 34.2. The molecule has 3 heterocycles. The van der Waals surface area contributed by atoms with E-state index in [4.69, 9.17) is 30.9 Å². The number of carbonyl (C=O) groups excluding carboxylic acids is 2. The number of benzene rings is 1. The molecule has 0 radical (unpaired) electrons. The Bertz CT molecular complexity index is 1740. The summed E-state index contributed by atoms with van der Waals surface area (Å²) in [5.41, 5.74) is 1.47. The molecular weight excluding hydrogens is 647 g/mol. The highest BCUT2D eigenvalue weighted by Gasteiger charge is 2.35. The molecule has 18 nitrogen and oxygen atoms in total. The number of halogens is 1. The van der Waals surface area contributed by atoms with E-state index in [0.29, 0.717) is 36.7 Å². The number of esters is 1. The van der Waals surface area contributed by atoms with Crippen molar-refractivity contribution in [2.45, 2.75) is 38.3 Å². The molecule has 2 unspecified atom stereocenters. The van der Waals surface area contributed by atoms with Gasteiger partial charge in [0.25, 0.3) is 0 Å². The van der Waals surface area contributed by atoms with E-state index >= 15 is 0 Å². The molecule has 0 saturated carbocycles. The summed E-state index contributed by atoms with van der Waals surface area (Å²) in [6, 6.07) is 6.56. The number of phosphoric ester groups is 1. The molecule has 0 spiro atoms. The van der Waals surface area contributed by atoms with Crippen LogP contribution in [0.3, 0.4) is 0 Å². The number of carbonyl (C=O) groups is 2. The van der Waals surface area contributed by atoms with Crippen molar-refractivity contribution in [3.63, 3.8) is 0 Å². The van der Waals surface area contributed by atoms with Gasteiger partial charge in [-0.2, -0.15) is 20.0 Å². The molecule has 0 bridgehead atoms. The van der Waals surface area contributed by atoms with Crippen molar-refractivity contribution < 1.29 is 37.9 Å². The molecule has 1 aliphatic rings. The number of methoxy groups -OCH3 is 1. The number of piperidine rings is 1. The zero-order valence-corrected chi connectivity index (χ0v) is 26.3. The number of hydrogen-bond donors (Lipinski definition) is 5. The Morgan fingerprint density at radius 1 is 1.26 bits per heavy atom. The molecule has 244 valence electrons. The van der Waals surface area contributed by atoms with Crippen molar-refractivity contribution in [1.29, 1.82) is 10.5 Å². The van der Waals surface area contributed by atoms with Gasteiger partial charge < -0.3 is 40.1 Å². The molecule has 1 aliphatic heterocycles. The molecule has 46 heavy (non-hydrogen) atoms. The van der Waals surface area contributed by atoms with Gasteiger partial charge in [-0.3, -0.25) is 9.32 Å². The number of nitrogens with zero attached hydrogens (tertiary/aromatic N) is 7. The third kappa shape index (κ3) is 8.51. The Balaban J connectivity index is 1.60. The Hall–Kier alpha value is -4.71. The third-order valence-corrected chi connectivity index (χ3v) is 7.62. The predicted molar refractivity (Wildman–Crippen MR) is 162 cm³/mol. The molecule has 20 heteroatoms. The quantitative estimate of drug-likeness (QED) is 0.105. The summed E-state index contributed by atoms with van der Waals surface area (Å²) in [6.07, 6.45) is -0.165. The normalized spacial score (nSPS) is 16.3. The summed E-state index contributed by atoms with van der Waals surface area (Å²) in [5, 5.41) is 32.6. The number of fused-ring (bicyclic) bond motifs is 1. The molecule has 2 aromatic heterocycles. The van der Waals surface area contributed by atoms with Gasteiger partial charge >= 0.3 is 19.9 Å². The average molecular weight is 677 g/mol. The summed E-state index contributed by atoms with van der Waals surface area (Å²) in [7, 11) is -3.48. The van der Waals surface area contributed by atoms with E-state index in [1.165, 1.54) is 23.9 Å². The van der Waals surface area contributed by atoms with Crippen LogP contribution in [0.1, 0.15) is 37.4 Å². The number of nitrogens with one attached hydrogen (secondary N) is 3. The topological polar surface area (TPSA) is 249 Å². The zero-order valence-electron chi connectivity index (χ0n) is 24.6. The fourth-order valence-corrected chi connectivity index (χ4v) is 5.31. The molecule has 1 fully saturated rings. The van der Waals surface area contributed by atoms with Gasteiger partial charge in [0, 0.05) is 19.5 Å². The second-order valence-corrected chi connectivity index (χ2v) is 11.4. The van der Waals surface area contributed by atoms with Gasteiger partial charge in [-0.15, -0.1) is 5.10 Å². The van der Waals surface area contributed by atoms with Crippen LogP contribution in [0.4, 0.5) is 27.9 Å². The van der Waals surface area contributed by atoms with E-state index in [2.05, 4.69) is 41.6 Å². The lowest BCUT2D eigenvalue weighted by atomic mass is 10.0. The van der Waals surface area contributed by atoms with Gasteiger partial charge in [0.05, 0.1) is 60.5 Å². The first-order valence-electron chi connectivity index (χ1n) is 13.9. The monoisotopic (exact) mass is 676 g/mol. The minimum Gasteiger partial charge on any atom is -0.458 e. The van der Waals surface area contributed by atoms with E-state index in [-0.39, 0.29) is 53.9 Å². The highest BCUT2D eigenvalue weighted by molar-refractivity contribution is 7.46. The summed E-state index contributed by atoms with van der Waals surface area (Å²) in [5.74, 6) is -0.249. The Labute approximate surface area is 267 Å². The number of aromatic nitrogens is 4. The van der Waals surface area contributed by atoms with Gasteiger partial charge in [-0.1, -0.05) is 11.6 Å². The fourth-order valence-electron chi connectivity index (χ4n) is 4.67. The number of phosphoric acid groups is 1. The van der Waals surface area contributed by atoms with Crippen LogP contribution in [0.25, 0.3) is 5.65 Å². The maximum absolute atomic E-state index is 12.6. The highest BCUT2D eigenvalue weighted by Crippen LogP contribution is 2.38. The summed E-state index contributed by atoms with van der Waals surface area (Å²) < 4.78 is 26.9. The summed E-state index contributed by atoms with van der Waals surface area (Å²) in [4.78, 5) is 52.8. The second kappa shape index (κ2) is 15.0. The first-order valence-corrected chi connectivity index (χ1v) is 15.8. The molecule has 1 amide bonds. The number of nitriles is 2. The van der Waals surface area contributed by atoms with Crippen LogP contribution in [0.5, 0.6) is 0 Å². The van der Waals surface area contributed by atoms with Gasteiger partial charge in [-0.05, 0) is 31.9 Å². The maximum Gasteiger partial charge on any atom is 0.469 e. The second-order valence-electron chi connectivity index (χ2n) is 9.83. The zero-order chi connectivity index (χ0) is 33.4. The average Bonchev–Trinajstić information content (AvgIpc) is 3.44. The minimum absolute atomic E-state index is 0.0150. The van der Waals surface area contributed by atoms with Crippen LogP contribution in [-0.4, -0.2) is 86.9 Å². The van der Waals surface area contributed by atoms with Crippen LogP contribution in [0.2, 0.25) is 5.02 Å². The number of hydrogen-bond acceptors (Lipinski definition) is 14. The standard InChI is InChI=1S/C26H30ClN10O8P/c1-3-30-23-24-31-13-16(12-29)37(24)35-25(34-23)32-18-9-15(11-28)10-19(22(18)27)36-7-6-17(33-26(39)43-2)20(14-36)45-21(38)5-4-8-44-46(40,41)42/h9-10,13,17,20H,3-8,14H2,1-2H3,(H,33,39)(H2,40,41,42)(H2,30,32,34,35). The molecular formula is C26H30ClN10O8P. The van der Waals surface area contributed by atoms with Crippen molar-refractivity contribution in [1.82, 2.24) is 24.9 Å². The number of ether oxygens (including phenoxy) is 2. The Morgan fingerprint density at radius 2 is 2.04 bits per heavy atom. The number of rotatable bonds is 12.